The number of fused-ring (bicyclic) bond motifs is 1. The standard InChI is InChI=1S/C17H22N4O2/c1-10(15-20-16(21-23-15)17(2,3)4)18-12-6-7-13-11(9-12)5-8-14(22)19-13/h6-7,9-10,18H,5,8H2,1-4H3,(H,19,22)/t10-/m0/s1. The molecule has 1 aliphatic rings. The van der Waals surface area contributed by atoms with Crippen LogP contribution < -0.4 is 10.6 Å². The van der Waals surface area contributed by atoms with E-state index in [1.54, 1.807) is 0 Å². The molecule has 1 aromatic heterocycles. The number of hydrogen-bond donors (Lipinski definition) is 2. The summed E-state index contributed by atoms with van der Waals surface area (Å²) >= 11 is 0. The number of benzene rings is 1. The van der Waals surface area contributed by atoms with Gasteiger partial charge in [0, 0.05) is 23.2 Å². The Bertz CT molecular complexity index is 730. The molecule has 2 aromatic rings. The molecule has 2 heterocycles. The lowest BCUT2D eigenvalue weighted by molar-refractivity contribution is -0.116. The number of aryl methyl sites for hydroxylation is 1. The first kappa shape index (κ1) is 15.5. The molecule has 23 heavy (non-hydrogen) atoms. The Balaban J connectivity index is 1.74. The van der Waals surface area contributed by atoms with Crippen LogP contribution in [0.1, 0.15) is 57.4 Å². The molecule has 0 fully saturated rings. The SMILES string of the molecule is C[C@H](Nc1ccc2c(c1)CCC(=O)N2)c1nc(C(C)(C)C)no1. The van der Waals surface area contributed by atoms with Crippen LogP contribution in [-0.4, -0.2) is 16.0 Å². The zero-order chi connectivity index (χ0) is 16.6. The van der Waals surface area contributed by atoms with Crippen LogP contribution in [0.2, 0.25) is 0 Å². The summed E-state index contributed by atoms with van der Waals surface area (Å²) in [6.45, 7) is 8.15. The second-order valence-corrected chi connectivity index (χ2v) is 6.99. The highest BCUT2D eigenvalue weighted by atomic mass is 16.5. The number of nitrogens with one attached hydrogen (secondary N) is 2. The molecule has 0 bridgehead atoms. The van der Waals surface area contributed by atoms with Gasteiger partial charge in [-0.05, 0) is 37.1 Å². The molecule has 6 nitrogen and oxygen atoms in total. The molecule has 1 aromatic carbocycles. The van der Waals surface area contributed by atoms with E-state index < -0.39 is 0 Å². The van der Waals surface area contributed by atoms with Gasteiger partial charge in [-0.1, -0.05) is 25.9 Å². The van der Waals surface area contributed by atoms with Crippen molar-refractivity contribution in [2.45, 2.75) is 52.0 Å². The molecular weight excluding hydrogens is 292 g/mol. The molecule has 0 saturated carbocycles. The van der Waals surface area contributed by atoms with E-state index in [1.807, 2.05) is 19.1 Å². The monoisotopic (exact) mass is 314 g/mol. The highest BCUT2D eigenvalue weighted by Crippen LogP contribution is 2.28. The maximum Gasteiger partial charge on any atom is 0.248 e. The van der Waals surface area contributed by atoms with Crippen LogP contribution >= 0.6 is 0 Å². The molecule has 6 heteroatoms. The minimum Gasteiger partial charge on any atom is -0.374 e. The molecule has 2 N–H and O–H groups in total. The van der Waals surface area contributed by atoms with E-state index >= 15 is 0 Å². The number of anilines is 2. The van der Waals surface area contributed by atoms with Crippen molar-refractivity contribution in [3.8, 4) is 0 Å². The lowest BCUT2D eigenvalue weighted by Gasteiger charge is -2.19. The topological polar surface area (TPSA) is 80.0 Å². The Morgan fingerprint density at radius 1 is 1.30 bits per heavy atom. The highest BCUT2D eigenvalue weighted by molar-refractivity contribution is 5.94. The van der Waals surface area contributed by atoms with Crippen molar-refractivity contribution < 1.29 is 9.32 Å². The van der Waals surface area contributed by atoms with Crippen molar-refractivity contribution in [1.29, 1.82) is 0 Å². The summed E-state index contributed by atoms with van der Waals surface area (Å²) in [6.07, 6.45) is 1.30. The van der Waals surface area contributed by atoms with Gasteiger partial charge >= 0.3 is 0 Å². The average molecular weight is 314 g/mol. The molecule has 0 spiro atoms. The van der Waals surface area contributed by atoms with E-state index in [0.29, 0.717) is 18.1 Å². The summed E-state index contributed by atoms with van der Waals surface area (Å²) in [4.78, 5) is 15.9. The largest absolute Gasteiger partial charge is 0.374 e. The predicted octanol–water partition coefficient (Wildman–Crippen LogP) is 3.42. The minimum absolute atomic E-state index is 0.0761. The lowest BCUT2D eigenvalue weighted by Crippen LogP contribution is -2.19. The van der Waals surface area contributed by atoms with Crippen LogP contribution in [0.3, 0.4) is 0 Å². The normalized spacial score (nSPS) is 15.7. The van der Waals surface area contributed by atoms with E-state index in [1.165, 1.54) is 0 Å². The summed E-state index contributed by atoms with van der Waals surface area (Å²) in [5.74, 6) is 1.35. The van der Waals surface area contributed by atoms with Gasteiger partial charge in [0.1, 0.15) is 6.04 Å². The molecule has 122 valence electrons. The summed E-state index contributed by atoms with van der Waals surface area (Å²) in [6, 6.07) is 5.85. The smallest absolute Gasteiger partial charge is 0.248 e. The quantitative estimate of drug-likeness (QED) is 0.907. The van der Waals surface area contributed by atoms with Gasteiger partial charge < -0.3 is 15.2 Å². The third-order valence-corrected chi connectivity index (χ3v) is 3.87. The number of carbonyl (C=O) groups is 1. The molecule has 0 aliphatic carbocycles. The third-order valence-electron chi connectivity index (χ3n) is 3.87. The van der Waals surface area contributed by atoms with Gasteiger partial charge in [0.15, 0.2) is 5.82 Å². The van der Waals surface area contributed by atoms with Crippen LogP contribution in [0.25, 0.3) is 0 Å². The summed E-state index contributed by atoms with van der Waals surface area (Å²) in [5, 5.41) is 10.3. The van der Waals surface area contributed by atoms with Crippen LogP contribution in [0.15, 0.2) is 22.7 Å². The Labute approximate surface area is 135 Å². The predicted molar refractivity (Wildman–Crippen MR) is 88.4 cm³/mol. The Hall–Kier alpha value is -2.37. The number of rotatable bonds is 3. The Morgan fingerprint density at radius 3 is 2.78 bits per heavy atom. The van der Waals surface area contributed by atoms with Crippen LogP contribution in [0.5, 0.6) is 0 Å². The number of aromatic nitrogens is 2. The number of nitrogens with zero attached hydrogens (tertiary/aromatic N) is 2. The third kappa shape index (κ3) is 3.36. The molecule has 1 atom stereocenters. The van der Waals surface area contributed by atoms with Crippen molar-refractivity contribution in [3.05, 3.63) is 35.5 Å². The Kier molecular flexibility index (Phi) is 3.83. The van der Waals surface area contributed by atoms with Gasteiger partial charge in [-0.15, -0.1) is 0 Å². The van der Waals surface area contributed by atoms with Gasteiger partial charge in [-0.3, -0.25) is 4.79 Å². The van der Waals surface area contributed by atoms with Gasteiger partial charge in [0.05, 0.1) is 0 Å². The van der Waals surface area contributed by atoms with E-state index in [-0.39, 0.29) is 17.4 Å². The van der Waals surface area contributed by atoms with E-state index in [4.69, 9.17) is 4.52 Å². The second kappa shape index (κ2) is 5.68. The molecule has 0 saturated heterocycles. The molecule has 3 rings (SSSR count). The van der Waals surface area contributed by atoms with Crippen molar-refractivity contribution in [3.63, 3.8) is 0 Å². The fourth-order valence-electron chi connectivity index (χ4n) is 2.50. The van der Waals surface area contributed by atoms with Crippen molar-refractivity contribution in [1.82, 2.24) is 10.1 Å². The van der Waals surface area contributed by atoms with Crippen LogP contribution in [0, 0.1) is 0 Å². The number of hydrogen-bond acceptors (Lipinski definition) is 5. The van der Waals surface area contributed by atoms with E-state index in [2.05, 4.69) is 47.6 Å². The lowest BCUT2D eigenvalue weighted by atomic mass is 9.96. The zero-order valence-electron chi connectivity index (χ0n) is 13.9. The first-order valence-electron chi connectivity index (χ1n) is 7.86. The van der Waals surface area contributed by atoms with Crippen molar-refractivity contribution >= 4 is 17.3 Å². The molecule has 1 aliphatic heterocycles. The average Bonchev–Trinajstić information content (AvgIpc) is 2.97. The maximum atomic E-state index is 11.4. The van der Waals surface area contributed by atoms with Gasteiger partial charge in [-0.2, -0.15) is 4.98 Å². The van der Waals surface area contributed by atoms with Gasteiger partial charge in [0.2, 0.25) is 11.8 Å². The molecular formula is C17H22N4O2. The van der Waals surface area contributed by atoms with E-state index in [0.717, 1.165) is 23.4 Å². The fourth-order valence-corrected chi connectivity index (χ4v) is 2.50. The highest BCUT2D eigenvalue weighted by Gasteiger charge is 2.23. The van der Waals surface area contributed by atoms with Gasteiger partial charge in [-0.25, -0.2) is 0 Å². The molecule has 0 radical (unpaired) electrons. The van der Waals surface area contributed by atoms with Crippen LogP contribution in [-0.2, 0) is 16.6 Å². The second-order valence-electron chi connectivity index (χ2n) is 6.99. The van der Waals surface area contributed by atoms with Crippen LogP contribution in [0.4, 0.5) is 11.4 Å². The number of carbonyl (C=O) groups excluding carboxylic acids is 1. The number of amides is 1. The summed E-state index contributed by atoms with van der Waals surface area (Å²) in [5.41, 5.74) is 2.88. The van der Waals surface area contributed by atoms with Crippen molar-refractivity contribution in [2.24, 2.45) is 0 Å². The molecule has 1 amide bonds. The van der Waals surface area contributed by atoms with E-state index in [9.17, 15) is 4.79 Å². The van der Waals surface area contributed by atoms with Gasteiger partial charge in [0.25, 0.3) is 0 Å². The fraction of sp³-hybridized carbons (Fsp3) is 0.471. The molecule has 0 unspecified atom stereocenters. The van der Waals surface area contributed by atoms with Crippen molar-refractivity contribution in [2.75, 3.05) is 10.6 Å². The maximum absolute atomic E-state index is 11.4. The zero-order valence-corrected chi connectivity index (χ0v) is 13.9. The Morgan fingerprint density at radius 2 is 2.09 bits per heavy atom. The summed E-state index contributed by atoms with van der Waals surface area (Å²) < 4.78 is 5.37. The minimum atomic E-state index is -0.133. The summed E-state index contributed by atoms with van der Waals surface area (Å²) in [7, 11) is 0. The first-order valence-corrected chi connectivity index (χ1v) is 7.86. The first-order chi connectivity index (χ1) is 10.8.